The van der Waals surface area contributed by atoms with Crippen molar-refractivity contribution in [2.75, 3.05) is 19.1 Å². The number of benzene rings is 1. The van der Waals surface area contributed by atoms with Crippen molar-refractivity contribution in [1.82, 2.24) is 10.2 Å². The molecule has 1 amide bonds. The van der Waals surface area contributed by atoms with Crippen LogP contribution in [0.25, 0.3) is 0 Å². The minimum atomic E-state index is -0.949. The standard InChI is InChI=1S/C19H15N3O5S2/c1-26-11-6-3-5-10(17(11)27-2)14-13(15(23)12-7-4-8-28-12)16(24)18(25)22(14)19-21-20-9-29-19/h3-9,14,24H,1-2H3. The molecule has 8 nitrogen and oxygen atoms in total. The Morgan fingerprint density at radius 1 is 1.17 bits per heavy atom. The number of aromatic nitrogens is 2. The molecule has 1 aliphatic heterocycles. The smallest absolute Gasteiger partial charge is 0.296 e. The van der Waals surface area contributed by atoms with Gasteiger partial charge in [-0.25, -0.2) is 0 Å². The maximum atomic E-state index is 13.2. The number of aliphatic hydroxyl groups excluding tert-OH is 1. The molecule has 0 bridgehead atoms. The highest BCUT2D eigenvalue weighted by Gasteiger charge is 2.47. The van der Waals surface area contributed by atoms with E-state index in [-0.39, 0.29) is 10.7 Å². The van der Waals surface area contributed by atoms with Crippen molar-refractivity contribution in [1.29, 1.82) is 0 Å². The van der Waals surface area contributed by atoms with Crippen molar-refractivity contribution in [2.45, 2.75) is 6.04 Å². The lowest BCUT2D eigenvalue weighted by molar-refractivity contribution is -0.117. The van der Waals surface area contributed by atoms with Gasteiger partial charge in [-0.15, -0.1) is 21.5 Å². The zero-order valence-electron chi connectivity index (χ0n) is 15.4. The van der Waals surface area contributed by atoms with Crippen molar-refractivity contribution in [2.24, 2.45) is 0 Å². The van der Waals surface area contributed by atoms with E-state index in [2.05, 4.69) is 10.2 Å². The minimum absolute atomic E-state index is 0.0424. The number of ketones is 1. The van der Waals surface area contributed by atoms with Crippen LogP contribution in [0.3, 0.4) is 0 Å². The number of amides is 1. The van der Waals surface area contributed by atoms with Crippen molar-refractivity contribution < 1.29 is 24.2 Å². The Morgan fingerprint density at radius 3 is 2.62 bits per heavy atom. The molecule has 29 heavy (non-hydrogen) atoms. The van der Waals surface area contributed by atoms with Crippen LogP contribution in [-0.2, 0) is 4.79 Å². The van der Waals surface area contributed by atoms with E-state index in [1.807, 2.05) is 0 Å². The van der Waals surface area contributed by atoms with Gasteiger partial charge in [-0.1, -0.05) is 29.5 Å². The van der Waals surface area contributed by atoms with Gasteiger partial charge in [0, 0.05) is 5.56 Å². The minimum Gasteiger partial charge on any atom is -0.503 e. The summed E-state index contributed by atoms with van der Waals surface area (Å²) >= 11 is 2.35. The third-order valence-corrected chi connectivity index (χ3v) is 6.04. The highest BCUT2D eigenvalue weighted by atomic mass is 32.1. The van der Waals surface area contributed by atoms with Gasteiger partial charge in [-0.05, 0) is 17.5 Å². The first-order valence-corrected chi connectivity index (χ1v) is 10.2. The number of hydrogen-bond acceptors (Lipinski definition) is 9. The number of ether oxygens (including phenoxy) is 2. The number of methoxy groups -OCH3 is 2. The van der Waals surface area contributed by atoms with Gasteiger partial charge in [0.05, 0.1) is 24.7 Å². The SMILES string of the molecule is COc1cccc(C2C(C(=O)c3cccs3)=C(O)C(=O)N2c2nncs2)c1OC. The Labute approximate surface area is 173 Å². The molecule has 0 radical (unpaired) electrons. The van der Waals surface area contributed by atoms with E-state index in [1.165, 1.54) is 36.0 Å². The lowest BCUT2D eigenvalue weighted by Crippen LogP contribution is -2.31. The molecule has 1 N–H and O–H groups in total. The second-order valence-electron chi connectivity index (χ2n) is 5.95. The van der Waals surface area contributed by atoms with Gasteiger partial charge in [0.15, 0.2) is 17.3 Å². The molecule has 148 valence electrons. The zero-order chi connectivity index (χ0) is 20.5. The highest BCUT2D eigenvalue weighted by Crippen LogP contribution is 2.47. The van der Waals surface area contributed by atoms with Crippen molar-refractivity contribution >= 4 is 39.5 Å². The van der Waals surface area contributed by atoms with Gasteiger partial charge >= 0.3 is 0 Å². The lowest BCUT2D eigenvalue weighted by Gasteiger charge is -2.26. The van der Waals surface area contributed by atoms with E-state index in [4.69, 9.17) is 9.47 Å². The molecule has 1 aromatic carbocycles. The largest absolute Gasteiger partial charge is 0.503 e. The van der Waals surface area contributed by atoms with Gasteiger partial charge in [0.25, 0.3) is 5.91 Å². The van der Waals surface area contributed by atoms with Gasteiger partial charge in [-0.2, -0.15) is 0 Å². The number of Topliss-reactive ketones (excluding diaryl/α,β-unsaturated/α-hetero) is 1. The monoisotopic (exact) mass is 429 g/mol. The normalized spacial score (nSPS) is 16.4. The summed E-state index contributed by atoms with van der Waals surface area (Å²) in [7, 11) is 2.97. The fourth-order valence-corrected chi connectivity index (χ4v) is 4.53. The quantitative estimate of drug-likeness (QED) is 0.599. The van der Waals surface area contributed by atoms with Crippen LogP contribution in [0.1, 0.15) is 21.3 Å². The number of carbonyl (C=O) groups excluding carboxylic acids is 2. The van der Waals surface area contributed by atoms with Crippen molar-refractivity contribution in [3.05, 3.63) is 63.0 Å². The van der Waals surface area contributed by atoms with Crippen molar-refractivity contribution in [3.63, 3.8) is 0 Å². The molecular weight excluding hydrogens is 414 g/mol. The predicted octanol–water partition coefficient (Wildman–Crippen LogP) is 3.40. The van der Waals surface area contributed by atoms with E-state index in [0.29, 0.717) is 21.9 Å². The molecule has 0 fully saturated rings. The van der Waals surface area contributed by atoms with Crippen molar-refractivity contribution in [3.8, 4) is 11.5 Å². The van der Waals surface area contributed by atoms with Crippen LogP contribution < -0.4 is 14.4 Å². The number of carbonyl (C=O) groups is 2. The van der Waals surface area contributed by atoms with Crippen LogP contribution in [0.2, 0.25) is 0 Å². The number of aliphatic hydroxyl groups is 1. The van der Waals surface area contributed by atoms with Crippen LogP contribution in [0, 0.1) is 0 Å². The Kier molecular flexibility index (Phi) is 5.03. The molecule has 3 aromatic rings. The Bertz CT molecular complexity index is 1090. The zero-order valence-corrected chi connectivity index (χ0v) is 17.0. The molecule has 1 aliphatic rings. The molecule has 1 atom stereocenters. The average Bonchev–Trinajstić information content (AvgIpc) is 3.49. The van der Waals surface area contributed by atoms with Crippen LogP contribution in [0.5, 0.6) is 11.5 Å². The molecule has 0 aliphatic carbocycles. The van der Waals surface area contributed by atoms with E-state index in [0.717, 1.165) is 11.3 Å². The summed E-state index contributed by atoms with van der Waals surface area (Å²) in [6.07, 6.45) is 0. The predicted molar refractivity (Wildman–Crippen MR) is 108 cm³/mol. The fourth-order valence-electron chi connectivity index (χ4n) is 3.27. The summed E-state index contributed by atoms with van der Waals surface area (Å²) in [6, 6.07) is 7.57. The molecule has 3 heterocycles. The summed E-state index contributed by atoms with van der Waals surface area (Å²) in [4.78, 5) is 27.9. The first-order valence-electron chi connectivity index (χ1n) is 8.40. The van der Waals surface area contributed by atoms with E-state index >= 15 is 0 Å². The molecule has 4 rings (SSSR count). The molecule has 1 unspecified atom stereocenters. The molecule has 0 saturated carbocycles. The van der Waals surface area contributed by atoms with Gasteiger partial charge in [-0.3, -0.25) is 14.5 Å². The van der Waals surface area contributed by atoms with E-state index < -0.39 is 23.5 Å². The summed E-state index contributed by atoms with van der Waals surface area (Å²) < 4.78 is 10.9. The third kappa shape index (κ3) is 3.06. The first kappa shape index (κ1) is 19.1. The maximum absolute atomic E-state index is 13.2. The molecule has 0 saturated heterocycles. The second kappa shape index (κ2) is 7.64. The van der Waals surface area contributed by atoms with Gasteiger partial charge < -0.3 is 14.6 Å². The first-order chi connectivity index (χ1) is 14.1. The summed E-state index contributed by atoms with van der Waals surface area (Å²) in [5, 5.41) is 20.4. The Morgan fingerprint density at radius 2 is 2.00 bits per heavy atom. The van der Waals surface area contributed by atoms with Crippen LogP contribution in [0.4, 0.5) is 5.13 Å². The second-order valence-corrected chi connectivity index (χ2v) is 7.71. The number of anilines is 1. The van der Waals surface area contributed by atoms with E-state index in [1.54, 1.807) is 35.7 Å². The summed E-state index contributed by atoms with van der Waals surface area (Å²) in [6.45, 7) is 0. The molecular formula is C19H15N3O5S2. The summed E-state index contributed by atoms with van der Waals surface area (Å²) in [5.41, 5.74) is 1.91. The number of para-hydroxylation sites is 1. The fraction of sp³-hybridized carbons (Fsp3) is 0.158. The topological polar surface area (TPSA) is 102 Å². The highest BCUT2D eigenvalue weighted by molar-refractivity contribution is 7.13. The summed E-state index contributed by atoms with van der Waals surface area (Å²) in [5.74, 6) is -0.991. The third-order valence-electron chi connectivity index (χ3n) is 4.48. The van der Waals surface area contributed by atoms with E-state index in [9.17, 15) is 14.7 Å². The Hall–Kier alpha value is -3.24. The van der Waals surface area contributed by atoms with Crippen LogP contribution >= 0.6 is 22.7 Å². The Balaban J connectivity index is 1.95. The molecule has 10 heteroatoms. The molecule has 0 spiro atoms. The maximum Gasteiger partial charge on any atom is 0.296 e. The number of nitrogens with zero attached hydrogens (tertiary/aromatic N) is 3. The number of hydrogen-bond donors (Lipinski definition) is 1. The number of rotatable bonds is 6. The van der Waals surface area contributed by atoms with Gasteiger partial charge in [0.1, 0.15) is 11.6 Å². The number of thiophene rings is 1. The van der Waals surface area contributed by atoms with Crippen LogP contribution in [-0.4, -0.2) is 41.2 Å². The lowest BCUT2D eigenvalue weighted by atomic mass is 9.94. The average molecular weight is 429 g/mol. The van der Waals surface area contributed by atoms with Crippen LogP contribution in [0.15, 0.2) is 52.6 Å². The molecule has 2 aromatic heterocycles. The van der Waals surface area contributed by atoms with Gasteiger partial charge in [0.2, 0.25) is 10.9 Å².